The number of aliphatic carboxylic acids is 1. The minimum Gasteiger partial charge on any atom is -0.481 e. The molecule has 1 aromatic heterocycles. The first kappa shape index (κ1) is 12.0. The zero-order valence-corrected chi connectivity index (χ0v) is 10.3. The second kappa shape index (κ2) is 4.57. The lowest BCUT2D eigenvalue weighted by atomic mass is 9.82. The first-order valence-corrected chi connectivity index (χ1v) is 6.36. The molecule has 1 amide bonds. The highest BCUT2D eigenvalue weighted by Gasteiger charge is 2.51. The van der Waals surface area contributed by atoms with Crippen LogP contribution in [0, 0.1) is 23.7 Å². The van der Waals surface area contributed by atoms with E-state index in [0.29, 0.717) is 6.54 Å². The van der Waals surface area contributed by atoms with Gasteiger partial charge in [0.15, 0.2) is 0 Å². The van der Waals surface area contributed by atoms with Gasteiger partial charge in [-0.1, -0.05) is 12.2 Å². The van der Waals surface area contributed by atoms with Gasteiger partial charge < -0.3 is 14.8 Å². The Kier molecular flexibility index (Phi) is 2.89. The summed E-state index contributed by atoms with van der Waals surface area (Å²) in [7, 11) is 0. The van der Waals surface area contributed by atoms with E-state index in [4.69, 9.17) is 4.42 Å². The maximum Gasteiger partial charge on any atom is 0.307 e. The van der Waals surface area contributed by atoms with Crippen LogP contribution < -0.4 is 5.32 Å². The van der Waals surface area contributed by atoms with Gasteiger partial charge in [0.1, 0.15) is 0 Å². The number of hydrogen-bond donors (Lipinski definition) is 2. The average Bonchev–Trinajstić information content (AvgIpc) is 3.10. The molecular formula is C14H15NO4. The number of furan rings is 1. The molecule has 5 heteroatoms. The molecule has 3 rings (SSSR count). The molecule has 0 saturated heterocycles. The van der Waals surface area contributed by atoms with Gasteiger partial charge >= 0.3 is 5.97 Å². The van der Waals surface area contributed by atoms with Gasteiger partial charge in [-0.25, -0.2) is 0 Å². The van der Waals surface area contributed by atoms with Gasteiger partial charge in [-0.2, -0.15) is 0 Å². The predicted octanol–water partition coefficient (Wildman–Crippen LogP) is 1.42. The lowest BCUT2D eigenvalue weighted by Gasteiger charge is -2.23. The molecule has 0 spiro atoms. The molecule has 1 aromatic rings. The quantitative estimate of drug-likeness (QED) is 0.803. The van der Waals surface area contributed by atoms with Crippen LogP contribution in [0.2, 0.25) is 0 Å². The first-order valence-electron chi connectivity index (χ1n) is 6.36. The van der Waals surface area contributed by atoms with Crippen molar-refractivity contribution in [1.29, 1.82) is 0 Å². The molecule has 1 fully saturated rings. The van der Waals surface area contributed by atoms with Crippen LogP contribution in [-0.4, -0.2) is 17.0 Å². The van der Waals surface area contributed by atoms with Crippen molar-refractivity contribution in [3.63, 3.8) is 0 Å². The van der Waals surface area contributed by atoms with Gasteiger partial charge in [-0.3, -0.25) is 9.59 Å². The molecule has 100 valence electrons. The zero-order valence-electron chi connectivity index (χ0n) is 10.3. The van der Waals surface area contributed by atoms with Gasteiger partial charge in [-0.15, -0.1) is 0 Å². The van der Waals surface area contributed by atoms with Crippen molar-refractivity contribution >= 4 is 11.9 Å². The third-order valence-corrected chi connectivity index (χ3v) is 4.09. The molecule has 0 aliphatic heterocycles. The van der Waals surface area contributed by atoms with E-state index in [9.17, 15) is 14.7 Å². The molecule has 0 unspecified atom stereocenters. The minimum absolute atomic E-state index is 0.00664. The second-order valence-electron chi connectivity index (χ2n) is 5.19. The zero-order chi connectivity index (χ0) is 13.4. The van der Waals surface area contributed by atoms with Crippen molar-refractivity contribution in [3.8, 4) is 0 Å². The molecule has 1 heterocycles. The highest BCUT2D eigenvalue weighted by molar-refractivity contribution is 5.86. The normalized spacial score (nSPS) is 31.6. The van der Waals surface area contributed by atoms with E-state index in [1.807, 2.05) is 12.2 Å². The van der Waals surface area contributed by atoms with E-state index in [-0.39, 0.29) is 17.7 Å². The second-order valence-corrected chi connectivity index (χ2v) is 5.19. The maximum absolute atomic E-state index is 12.2. The highest BCUT2D eigenvalue weighted by Crippen LogP contribution is 2.48. The number of carbonyl (C=O) groups is 2. The third-order valence-electron chi connectivity index (χ3n) is 4.09. The Hall–Kier alpha value is -2.04. The van der Waals surface area contributed by atoms with Crippen LogP contribution in [0.5, 0.6) is 0 Å². The monoisotopic (exact) mass is 261 g/mol. The SMILES string of the molecule is O=C(O)[C@H]1[C@H](C(=O)NCc2ccoc2)[C@H]2C=C[C@H]1C2. The fourth-order valence-electron chi connectivity index (χ4n) is 3.22. The summed E-state index contributed by atoms with van der Waals surface area (Å²) in [5.41, 5.74) is 0.874. The van der Waals surface area contributed by atoms with Crippen LogP contribution in [0.3, 0.4) is 0 Å². The molecule has 2 aliphatic carbocycles. The largest absolute Gasteiger partial charge is 0.481 e. The van der Waals surface area contributed by atoms with Gasteiger partial charge in [0.05, 0.1) is 24.4 Å². The van der Waals surface area contributed by atoms with E-state index in [0.717, 1.165) is 12.0 Å². The van der Waals surface area contributed by atoms with Crippen molar-refractivity contribution in [3.05, 3.63) is 36.3 Å². The Labute approximate surface area is 110 Å². The molecule has 1 saturated carbocycles. The van der Waals surface area contributed by atoms with E-state index in [1.54, 1.807) is 18.6 Å². The highest BCUT2D eigenvalue weighted by atomic mass is 16.4. The van der Waals surface area contributed by atoms with E-state index >= 15 is 0 Å². The number of carbonyl (C=O) groups excluding carboxylic acids is 1. The summed E-state index contributed by atoms with van der Waals surface area (Å²) in [6.45, 7) is 0.374. The summed E-state index contributed by atoms with van der Waals surface area (Å²) in [6, 6.07) is 1.77. The summed E-state index contributed by atoms with van der Waals surface area (Å²) in [5, 5.41) is 12.1. The van der Waals surface area contributed by atoms with Crippen molar-refractivity contribution < 1.29 is 19.1 Å². The summed E-state index contributed by atoms with van der Waals surface area (Å²) in [5.74, 6) is -2.01. The van der Waals surface area contributed by atoms with E-state index in [2.05, 4.69) is 5.32 Å². The Balaban J connectivity index is 1.68. The molecule has 0 aromatic carbocycles. The summed E-state index contributed by atoms with van der Waals surface area (Å²) < 4.78 is 4.92. The van der Waals surface area contributed by atoms with Crippen molar-refractivity contribution in [2.24, 2.45) is 23.7 Å². The number of carboxylic acids is 1. The summed E-state index contributed by atoms with van der Waals surface area (Å²) >= 11 is 0. The smallest absolute Gasteiger partial charge is 0.307 e. The first-order chi connectivity index (χ1) is 9.16. The molecule has 19 heavy (non-hydrogen) atoms. The van der Waals surface area contributed by atoms with Crippen molar-refractivity contribution in [1.82, 2.24) is 5.32 Å². The fraction of sp³-hybridized carbons (Fsp3) is 0.429. The standard InChI is InChI=1S/C14H15NO4/c16-13(15-6-8-3-4-19-7-8)11-9-1-2-10(5-9)12(11)14(17)18/h1-4,7,9-12H,5-6H2,(H,15,16)(H,17,18)/t9-,10-,11+,12+/m0/s1. The van der Waals surface area contributed by atoms with Gasteiger partial charge in [0.2, 0.25) is 5.91 Å². The number of rotatable bonds is 4. The molecular weight excluding hydrogens is 246 g/mol. The Morgan fingerprint density at radius 2 is 2.05 bits per heavy atom. The van der Waals surface area contributed by atoms with Crippen molar-refractivity contribution in [2.75, 3.05) is 0 Å². The lowest BCUT2D eigenvalue weighted by molar-refractivity contribution is -0.147. The molecule has 4 atom stereocenters. The Bertz CT molecular complexity index is 520. The van der Waals surface area contributed by atoms with Crippen LogP contribution in [0.1, 0.15) is 12.0 Å². The average molecular weight is 261 g/mol. The Morgan fingerprint density at radius 1 is 1.32 bits per heavy atom. The summed E-state index contributed by atoms with van der Waals surface area (Å²) in [6.07, 6.45) is 7.80. The molecule has 2 N–H and O–H groups in total. The molecule has 5 nitrogen and oxygen atoms in total. The number of nitrogens with one attached hydrogen (secondary N) is 1. The van der Waals surface area contributed by atoms with E-state index in [1.165, 1.54) is 0 Å². The van der Waals surface area contributed by atoms with Crippen LogP contribution in [-0.2, 0) is 16.1 Å². The number of carboxylic acid groups (broad SMARTS) is 1. The topological polar surface area (TPSA) is 79.5 Å². The maximum atomic E-state index is 12.2. The van der Waals surface area contributed by atoms with Gasteiger partial charge in [-0.05, 0) is 24.3 Å². The molecule has 0 radical (unpaired) electrons. The fourth-order valence-corrected chi connectivity index (χ4v) is 3.22. The summed E-state index contributed by atoms with van der Waals surface area (Å²) in [4.78, 5) is 23.5. The molecule has 2 aliphatic rings. The predicted molar refractivity (Wildman–Crippen MR) is 65.9 cm³/mol. The van der Waals surface area contributed by atoms with Crippen LogP contribution in [0.4, 0.5) is 0 Å². The number of hydrogen-bond acceptors (Lipinski definition) is 3. The third kappa shape index (κ3) is 2.05. The number of amides is 1. The minimum atomic E-state index is -0.875. The van der Waals surface area contributed by atoms with Gasteiger partial charge in [0.25, 0.3) is 0 Å². The number of fused-ring (bicyclic) bond motifs is 2. The van der Waals surface area contributed by atoms with Crippen molar-refractivity contribution in [2.45, 2.75) is 13.0 Å². The lowest BCUT2D eigenvalue weighted by Crippen LogP contribution is -2.39. The Morgan fingerprint density at radius 3 is 2.68 bits per heavy atom. The number of allylic oxidation sites excluding steroid dienone is 2. The van der Waals surface area contributed by atoms with Crippen LogP contribution >= 0.6 is 0 Å². The molecule has 2 bridgehead atoms. The van der Waals surface area contributed by atoms with Gasteiger partial charge in [0, 0.05) is 12.1 Å². The van der Waals surface area contributed by atoms with E-state index < -0.39 is 17.8 Å². The van der Waals surface area contributed by atoms with Crippen LogP contribution in [0.25, 0.3) is 0 Å². The van der Waals surface area contributed by atoms with Crippen LogP contribution in [0.15, 0.2) is 35.2 Å².